The van der Waals surface area contributed by atoms with Gasteiger partial charge in [0.25, 0.3) is 0 Å². The summed E-state index contributed by atoms with van der Waals surface area (Å²) >= 11 is 0. The van der Waals surface area contributed by atoms with Crippen LogP contribution in [0.2, 0.25) is 0 Å². The Morgan fingerprint density at radius 1 is 1.16 bits per heavy atom. The summed E-state index contributed by atoms with van der Waals surface area (Å²) in [6, 6.07) is 0. The molecule has 1 rings (SSSR count). The molecule has 1 aliphatic rings. The number of hydrogen-bond donors (Lipinski definition) is 6. The highest BCUT2D eigenvalue weighted by Crippen LogP contribution is 2.22. The normalized spacial score (nSPS) is 36.7. The molecule has 1 saturated heterocycles. The first-order valence-electron chi connectivity index (χ1n) is 5.34. The first-order valence-corrected chi connectivity index (χ1v) is 5.34. The maximum Gasteiger partial charge on any atom is 0.249 e. The maximum absolute atomic E-state index is 11.0. The van der Waals surface area contributed by atoms with E-state index >= 15 is 0 Å². The van der Waals surface area contributed by atoms with E-state index in [9.17, 15) is 24.9 Å². The number of hydrogen-bond acceptors (Lipinski definition) is 8. The summed E-state index contributed by atoms with van der Waals surface area (Å²) in [5.74, 6) is -2.12. The van der Waals surface area contributed by atoms with E-state index in [4.69, 9.17) is 26.0 Å². The largest absolute Gasteiger partial charge is 0.393 e. The van der Waals surface area contributed by atoms with Gasteiger partial charge >= 0.3 is 0 Å². The van der Waals surface area contributed by atoms with Gasteiger partial charge in [0.2, 0.25) is 11.8 Å². The van der Waals surface area contributed by atoms with Crippen LogP contribution in [0, 0.1) is 0 Å². The summed E-state index contributed by atoms with van der Waals surface area (Å²) < 4.78 is 9.69. The smallest absolute Gasteiger partial charge is 0.249 e. The average Bonchev–Trinajstić information content (AvgIpc) is 2.34. The Labute approximate surface area is 107 Å². The lowest BCUT2D eigenvalue weighted by atomic mass is 9.98. The zero-order valence-corrected chi connectivity index (χ0v) is 9.75. The van der Waals surface area contributed by atoms with E-state index in [1.54, 1.807) is 0 Å². The quantitative estimate of drug-likeness (QED) is 0.289. The molecule has 0 radical (unpaired) electrons. The van der Waals surface area contributed by atoms with Crippen molar-refractivity contribution in [3.8, 4) is 0 Å². The second-order valence-corrected chi connectivity index (χ2v) is 4.01. The molecule has 0 spiro atoms. The van der Waals surface area contributed by atoms with E-state index in [1.165, 1.54) is 0 Å². The van der Waals surface area contributed by atoms with Gasteiger partial charge in [-0.05, 0) is 0 Å². The molecule has 1 fully saturated rings. The molecule has 6 atom stereocenters. The van der Waals surface area contributed by atoms with Crippen molar-refractivity contribution in [3.05, 3.63) is 0 Å². The lowest BCUT2D eigenvalue weighted by Gasteiger charge is -2.39. The minimum Gasteiger partial charge on any atom is -0.393 e. The number of rotatable bonds is 5. The van der Waals surface area contributed by atoms with Crippen LogP contribution in [0.1, 0.15) is 0 Å². The zero-order valence-electron chi connectivity index (χ0n) is 9.75. The molecule has 0 aromatic heterocycles. The van der Waals surface area contributed by atoms with Gasteiger partial charge in [-0.25, -0.2) is 0 Å². The highest BCUT2D eigenvalue weighted by molar-refractivity contribution is 5.80. The number of aliphatic hydroxyl groups excluding tert-OH is 4. The van der Waals surface area contributed by atoms with Crippen LogP contribution >= 0.6 is 0 Å². The molecule has 1 heterocycles. The van der Waals surface area contributed by atoms with Crippen LogP contribution in [0.25, 0.3) is 0 Å². The van der Waals surface area contributed by atoms with Crippen LogP contribution in [0.3, 0.4) is 0 Å². The van der Waals surface area contributed by atoms with Gasteiger partial charge in [0.15, 0.2) is 18.5 Å². The fourth-order valence-corrected chi connectivity index (χ4v) is 1.56. The van der Waals surface area contributed by atoms with Crippen LogP contribution in [-0.2, 0) is 19.1 Å². The van der Waals surface area contributed by atoms with Crippen LogP contribution in [0.4, 0.5) is 0 Å². The fraction of sp³-hybridized carbons (Fsp3) is 0.778. The number of carbonyl (C=O) groups excluding carboxylic acids is 2. The molecular formula is C9H16N2O8. The topological polar surface area (TPSA) is 186 Å². The Morgan fingerprint density at radius 3 is 2.16 bits per heavy atom. The molecule has 2 amide bonds. The first kappa shape index (κ1) is 15.8. The highest BCUT2D eigenvalue weighted by Gasteiger charge is 2.47. The Hall–Kier alpha value is -1.30. The number of primary amides is 2. The third-order valence-corrected chi connectivity index (χ3v) is 2.63. The van der Waals surface area contributed by atoms with Gasteiger partial charge in [-0.3, -0.25) is 9.59 Å². The van der Waals surface area contributed by atoms with E-state index in [0.717, 1.165) is 0 Å². The molecule has 0 aromatic rings. The first-order chi connectivity index (χ1) is 8.79. The van der Waals surface area contributed by atoms with Gasteiger partial charge in [-0.15, -0.1) is 0 Å². The maximum atomic E-state index is 11.0. The van der Waals surface area contributed by atoms with Gasteiger partial charge in [0.1, 0.15) is 18.3 Å². The summed E-state index contributed by atoms with van der Waals surface area (Å²) in [7, 11) is 0. The summed E-state index contributed by atoms with van der Waals surface area (Å²) in [4.78, 5) is 21.9. The minimum absolute atomic E-state index is 0.790. The van der Waals surface area contributed by atoms with Crippen LogP contribution < -0.4 is 11.5 Å². The van der Waals surface area contributed by atoms with Gasteiger partial charge in [0.05, 0.1) is 6.61 Å². The summed E-state index contributed by atoms with van der Waals surface area (Å²) in [5.41, 5.74) is 9.84. The third kappa shape index (κ3) is 3.37. The van der Waals surface area contributed by atoms with Gasteiger partial charge in [0, 0.05) is 0 Å². The number of carbonyl (C=O) groups is 2. The van der Waals surface area contributed by atoms with Crippen molar-refractivity contribution in [2.24, 2.45) is 11.5 Å². The summed E-state index contributed by atoms with van der Waals surface area (Å²) in [6.07, 6.45) is -10.1. The van der Waals surface area contributed by atoms with E-state index in [-0.39, 0.29) is 0 Å². The zero-order chi connectivity index (χ0) is 14.7. The van der Waals surface area contributed by atoms with Crippen LogP contribution in [0.5, 0.6) is 0 Å². The fourth-order valence-electron chi connectivity index (χ4n) is 1.56. The van der Waals surface area contributed by atoms with E-state index in [0.29, 0.717) is 0 Å². The predicted octanol–water partition coefficient (Wildman–Crippen LogP) is -4.86. The van der Waals surface area contributed by atoms with Gasteiger partial charge in [-0.2, -0.15) is 0 Å². The van der Waals surface area contributed by atoms with Crippen molar-refractivity contribution in [1.82, 2.24) is 0 Å². The van der Waals surface area contributed by atoms with Gasteiger partial charge < -0.3 is 41.4 Å². The second kappa shape index (κ2) is 6.23. The predicted molar refractivity (Wildman–Crippen MR) is 57.0 cm³/mol. The standard InChI is InChI=1S/C9H16N2O8/c10-7(16)2(1-12)18-9-5(15)3(13)4(14)6(19-9)8(11)17/h2-6,9,12-15H,1H2,(H2,10,16)(H2,11,17)/t2?,3?,4-,5-,6?,9?/m0/s1. The van der Waals surface area contributed by atoms with Crippen molar-refractivity contribution in [3.63, 3.8) is 0 Å². The van der Waals surface area contributed by atoms with Crippen molar-refractivity contribution in [2.75, 3.05) is 6.61 Å². The molecule has 110 valence electrons. The molecular weight excluding hydrogens is 264 g/mol. The summed E-state index contributed by atoms with van der Waals surface area (Å²) in [5, 5.41) is 37.4. The van der Waals surface area contributed by atoms with E-state index in [2.05, 4.69) is 0 Å². The molecule has 8 N–H and O–H groups in total. The van der Waals surface area contributed by atoms with E-state index in [1.807, 2.05) is 0 Å². The number of amides is 2. The molecule has 1 aliphatic heterocycles. The van der Waals surface area contributed by atoms with E-state index < -0.39 is 55.2 Å². The monoisotopic (exact) mass is 280 g/mol. The van der Waals surface area contributed by atoms with Crippen molar-refractivity contribution >= 4 is 11.8 Å². The van der Waals surface area contributed by atoms with Crippen molar-refractivity contribution < 1.29 is 39.5 Å². The summed E-state index contributed by atoms with van der Waals surface area (Å²) in [6.45, 7) is -0.790. The number of nitrogens with two attached hydrogens (primary N) is 2. The molecule has 19 heavy (non-hydrogen) atoms. The Bertz CT molecular complexity index is 349. The van der Waals surface area contributed by atoms with Crippen molar-refractivity contribution in [2.45, 2.75) is 36.8 Å². The van der Waals surface area contributed by atoms with Crippen molar-refractivity contribution in [1.29, 1.82) is 0 Å². The minimum atomic E-state index is -1.77. The second-order valence-electron chi connectivity index (χ2n) is 4.01. The molecule has 0 bridgehead atoms. The average molecular weight is 280 g/mol. The van der Waals surface area contributed by atoms with Crippen LogP contribution in [-0.4, -0.2) is 75.7 Å². The Balaban J connectivity index is 2.82. The molecule has 0 saturated carbocycles. The molecule has 10 nitrogen and oxygen atoms in total. The van der Waals surface area contributed by atoms with Gasteiger partial charge in [-0.1, -0.05) is 0 Å². The Kier molecular flexibility index (Phi) is 5.17. The number of aliphatic hydroxyl groups is 4. The molecule has 0 aliphatic carbocycles. The lowest BCUT2D eigenvalue weighted by molar-refractivity contribution is -0.299. The Morgan fingerprint density at radius 2 is 1.74 bits per heavy atom. The highest BCUT2D eigenvalue weighted by atomic mass is 16.7. The molecule has 4 unspecified atom stereocenters. The van der Waals surface area contributed by atoms with Crippen LogP contribution in [0.15, 0.2) is 0 Å². The molecule has 10 heteroatoms. The SMILES string of the molecule is NC(=O)C(CO)OC1OC(C(N)=O)[C@@H](O)C(O)[C@@H]1O. The molecule has 0 aromatic carbocycles. The third-order valence-electron chi connectivity index (χ3n) is 2.63. The lowest BCUT2D eigenvalue weighted by Crippen LogP contribution is -2.62. The number of ether oxygens (including phenoxy) is 2.